The maximum absolute atomic E-state index is 13.0. The Hall–Kier alpha value is -5.35. The molecule has 202 valence electrons. The molecule has 0 amide bonds. The Morgan fingerprint density at radius 3 is 2.32 bits per heavy atom. The highest BCUT2D eigenvalue weighted by molar-refractivity contribution is 7.90. The zero-order chi connectivity index (χ0) is 28.6. The van der Waals surface area contributed by atoms with Gasteiger partial charge in [0.05, 0.1) is 22.7 Å². The molecule has 1 heterocycles. The van der Waals surface area contributed by atoms with E-state index in [0.29, 0.717) is 11.1 Å². The van der Waals surface area contributed by atoms with E-state index in [1.165, 1.54) is 30.3 Å². The standard InChI is InChI=1S/C31H21N3O6S/c35-31(22-16-18-24(19-17-22)34(36)37)40-28-14-5-2-9-23(28)20-33(27-13-7-10-21-8-1-3-11-25(21)27)30-26-12-4-6-15-29(26)41(38,39)32-30/h1-19H,20H2. The number of carbonyl (C=O) groups is 1. The van der Waals surface area contributed by atoms with E-state index in [2.05, 4.69) is 4.40 Å². The predicted molar refractivity (Wildman–Crippen MR) is 155 cm³/mol. The normalized spacial score (nSPS) is 13.3. The molecule has 6 rings (SSSR count). The van der Waals surface area contributed by atoms with Crippen molar-refractivity contribution in [3.63, 3.8) is 0 Å². The van der Waals surface area contributed by atoms with Gasteiger partial charge in [0, 0.05) is 28.6 Å². The van der Waals surface area contributed by atoms with E-state index in [4.69, 9.17) is 4.74 Å². The highest BCUT2D eigenvalue weighted by Crippen LogP contribution is 2.35. The first kappa shape index (κ1) is 25.9. The van der Waals surface area contributed by atoms with Crippen molar-refractivity contribution in [2.75, 3.05) is 4.90 Å². The molecule has 5 aromatic rings. The van der Waals surface area contributed by atoms with Gasteiger partial charge in [-0.2, -0.15) is 8.42 Å². The molecule has 41 heavy (non-hydrogen) atoms. The first-order chi connectivity index (χ1) is 19.8. The van der Waals surface area contributed by atoms with Gasteiger partial charge in [-0.05, 0) is 41.8 Å². The lowest BCUT2D eigenvalue weighted by Crippen LogP contribution is -2.31. The Kier molecular flexibility index (Phi) is 6.52. The van der Waals surface area contributed by atoms with Crippen LogP contribution in [-0.2, 0) is 16.6 Å². The number of hydrogen-bond acceptors (Lipinski definition) is 7. The quantitative estimate of drug-likeness (QED) is 0.106. The zero-order valence-electron chi connectivity index (χ0n) is 21.4. The maximum Gasteiger partial charge on any atom is 0.343 e. The second-order valence-corrected chi connectivity index (χ2v) is 10.8. The highest BCUT2D eigenvalue weighted by Gasteiger charge is 2.33. The maximum atomic E-state index is 13.0. The van der Waals surface area contributed by atoms with E-state index in [1.54, 1.807) is 42.5 Å². The lowest BCUT2D eigenvalue weighted by Gasteiger charge is -2.27. The molecular weight excluding hydrogens is 542 g/mol. The minimum absolute atomic E-state index is 0.123. The van der Waals surface area contributed by atoms with E-state index in [9.17, 15) is 23.3 Å². The molecular formula is C31H21N3O6S. The number of rotatable bonds is 6. The lowest BCUT2D eigenvalue weighted by molar-refractivity contribution is -0.384. The third-order valence-corrected chi connectivity index (χ3v) is 8.07. The van der Waals surface area contributed by atoms with Crippen molar-refractivity contribution in [3.8, 4) is 5.75 Å². The van der Waals surface area contributed by atoms with Gasteiger partial charge in [0.1, 0.15) is 10.6 Å². The first-order valence-corrected chi connectivity index (χ1v) is 14.0. The number of hydrogen-bond donors (Lipinski definition) is 0. The second-order valence-electron chi connectivity index (χ2n) is 9.27. The summed E-state index contributed by atoms with van der Waals surface area (Å²) in [4.78, 5) is 25.3. The summed E-state index contributed by atoms with van der Waals surface area (Å²) in [5, 5.41) is 12.8. The molecule has 0 aliphatic carbocycles. The Morgan fingerprint density at radius 1 is 0.829 bits per heavy atom. The second kappa shape index (κ2) is 10.3. The molecule has 0 spiro atoms. The molecule has 5 aromatic carbocycles. The summed E-state index contributed by atoms with van der Waals surface area (Å²) in [6, 6.07) is 32.3. The molecule has 0 atom stereocenters. The van der Waals surface area contributed by atoms with Crippen molar-refractivity contribution in [2.24, 2.45) is 4.40 Å². The molecule has 0 radical (unpaired) electrons. The SMILES string of the molecule is O=C(Oc1ccccc1CN(C1=NS(=O)(=O)c2ccccc21)c1cccc2ccccc12)c1ccc([N+](=O)[O-])cc1. The number of non-ortho nitro benzene ring substituents is 1. The van der Waals surface area contributed by atoms with Crippen LogP contribution >= 0.6 is 0 Å². The molecule has 10 heteroatoms. The third kappa shape index (κ3) is 4.92. The average molecular weight is 564 g/mol. The number of carbonyl (C=O) groups excluding carboxylic acids is 1. The van der Waals surface area contributed by atoms with Crippen LogP contribution in [0.1, 0.15) is 21.5 Å². The van der Waals surface area contributed by atoms with Gasteiger partial charge in [-0.15, -0.1) is 4.40 Å². The van der Waals surface area contributed by atoms with Crippen molar-refractivity contribution in [3.05, 3.63) is 142 Å². The molecule has 0 unspecified atom stereocenters. The molecule has 0 fully saturated rings. The lowest BCUT2D eigenvalue weighted by atomic mass is 10.1. The van der Waals surface area contributed by atoms with E-state index >= 15 is 0 Å². The average Bonchev–Trinajstić information content (AvgIpc) is 3.26. The number of ether oxygens (including phenoxy) is 1. The summed E-state index contributed by atoms with van der Waals surface area (Å²) >= 11 is 0. The number of sulfonamides is 1. The van der Waals surface area contributed by atoms with Crippen molar-refractivity contribution in [1.82, 2.24) is 0 Å². The molecule has 0 aromatic heterocycles. The number of benzene rings is 5. The Morgan fingerprint density at radius 2 is 1.51 bits per heavy atom. The Labute approximate surface area is 235 Å². The van der Waals surface area contributed by atoms with Crippen molar-refractivity contribution in [1.29, 1.82) is 0 Å². The van der Waals surface area contributed by atoms with Crippen LogP contribution in [0.25, 0.3) is 10.8 Å². The Bertz CT molecular complexity index is 1960. The van der Waals surface area contributed by atoms with Gasteiger partial charge in [0.15, 0.2) is 5.84 Å². The van der Waals surface area contributed by atoms with Gasteiger partial charge in [-0.25, -0.2) is 4.79 Å². The van der Waals surface area contributed by atoms with Crippen molar-refractivity contribution < 1.29 is 22.9 Å². The van der Waals surface area contributed by atoms with Crippen LogP contribution in [0.5, 0.6) is 5.75 Å². The number of fused-ring (bicyclic) bond motifs is 2. The molecule has 9 nitrogen and oxygen atoms in total. The van der Waals surface area contributed by atoms with Crippen LogP contribution in [0.2, 0.25) is 0 Å². The molecule has 1 aliphatic heterocycles. The highest BCUT2D eigenvalue weighted by atomic mass is 32.2. The first-order valence-electron chi connectivity index (χ1n) is 12.6. The summed E-state index contributed by atoms with van der Waals surface area (Å²) < 4.78 is 36.0. The fraction of sp³-hybridized carbons (Fsp3) is 0.0323. The van der Waals surface area contributed by atoms with Gasteiger partial charge in [0.2, 0.25) is 0 Å². The summed E-state index contributed by atoms with van der Waals surface area (Å²) in [5.74, 6) is -0.167. The molecule has 0 saturated carbocycles. The minimum Gasteiger partial charge on any atom is -0.423 e. The molecule has 0 bridgehead atoms. The number of para-hydroxylation sites is 1. The van der Waals surface area contributed by atoms with E-state index in [1.807, 2.05) is 47.4 Å². The van der Waals surface area contributed by atoms with E-state index in [-0.39, 0.29) is 34.3 Å². The Balaban J connectivity index is 1.43. The third-order valence-electron chi connectivity index (χ3n) is 6.74. The zero-order valence-corrected chi connectivity index (χ0v) is 22.2. The molecule has 1 aliphatic rings. The van der Waals surface area contributed by atoms with Gasteiger partial charge < -0.3 is 9.64 Å². The molecule has 0 saturated heterocycles. The van der Waals surface area contributed by atoms with Gasteiger partial charge >= 0.3 is 5.97 Å². The fourth-order valence-corrected chi connectivity index (χ4v) is 5.99. The van der Waals surface area contributed by atoms with Crippen LogP contribution in [0.15, 0.2) is 125 Å². The summed E-state index contributed by atoms with van der Waals surface area (Å²) in [6.07, 6.45) is 0. The fourth-order valence-electron chi connectivity index (χ4n) is 4.78. The summed E-state index contributed by atoms with van der Waals surface area (Å²) in [5.41, 5.74) is 1.81. The van der Waals surface area contributed by atoms with Crippen LogP contribution in [0.3, 0.4) is 0 Å². The van der Waals surface area contributed by atoms with E-state index in [0.717, 1.165) is 16.5 Å². The topological polar surface area (TPSA) is 119 Å². The van der Waals surface area contributed by atoms with Crippen LogP contribution in [-0.4, -0.2) is 25.1 Å². The number of anilines is 1. The van der Waals surface area contributed by atoms with Gasteiger partial charge in [0.25, 0.3) is 15.7 Å². The smallest absolute Gasteiger partial charge is 0.343 e. The summed E-state index contributed by atoms with van der Waals surface area (Å²) in [7, 11) is -3.92. The van der Waals surface area contributed by atoms with E-state index < -0.39 is 20.9 Å². The summed E-state index contributed by atoms with van der Waals surface area (Å²) in [6.45, 7) is 0.125. The van der Waals surface area contributed by atoms with Crippen molar-refractivity contribution >= 4 is 44.0 Å². The number of nitro benzene ring substituents is 1. The van der Waals surface area contributed by atoms with Crippen LogP contribution in [0, 0.1) is 10.1 Å². The number of esters is 1. The van der Waals surface area contributed by atoms with Crippen LogP contribution in [0.4, 0.5) is 11.4 Å². The number of nitrogens with zero attached hydrogens (tertiary/aromatic N) is 3. The van der Waals surface area contributed by atoms with Gasteiger partial charge in [-0.3, -0.25) is 10.1 Å². The van der Waals surface area contributed by atoms with Gasteiger partial charge in [-0.1, -0.05) is 66.7 Å². The largest absolute Gasteiger partial charge is 0.423 e. The number of amidine groups is 1. The molecule has 0 N–H and O–H groups in total. The monoisotopic (exact) mass is 563 g/mol. The minimum atomic E-state index is -3.92. The number of nitro groups is 1. The van der Waals surface area contributed by atoms with Crippen molar-refractivity contribution in [2.45, 2.75) is 11.4 Å². The predicted octanol–water partition coefficient (Wildman–Crippen LogP) is 6.12. The van der Waals surface area contributed by atoms with Crippen LogP contribution < -0.4 is 9.64 Å².